The Labute approximate surface area is 215 Å². The average molecular weight is 520 g/mol. The number of para-hydroxylation sites is 1. The normalized spacial score (nSPS) is 18.7. The van der Waals surface area contributed by atoms with Gasteiger partial charge in [0.25, 0.3) is 5.69 Å². The van der Waals surface area contributed by atoms with Crippen LogP contribution in [0.1, 0.15) is 5.56 Å². The number of carbonyl (C=O) groups excluding carboxylic acids is 1. The van der Waals surface area contributed by atoms with Crippen LogP contribution >= 0.6 is 23.4 Å². The second-order valence-electron chi connectivity index (χ2n) is 7.72. The largest absolute Gasteiger partial charge is 0.464 e. The van der Waals surface area contributed by atoms with Crippen LogP contribution in [0.3, 0.4) is 0 Å². The number of carbonyl (C=O) groups is 1. The van der Waals surface area contributed by atoms with Gasteiger partial charge in [-0.2, -0.15) is 10.2 Å². The van der Waals surface area contributed by atoms with Gasteiger partial charge >= 0.3 is 5.97 Å². The highest BCUT2D eigenvalue weighted by Crippen LogP contribution is 2.48. The molecule has 0 N–H and O–H groups in total. The van der Waals surface area contributed by atoms with Crippen LogP contribution in [0.4, 0.5) is 17.1 Å². The van der Waals surface area contributed by atoms with Crippen molar-refractivity contribution in [3.05, 3.63) is 112 Å². The third kappa shape index (κ3) is 4.21. The topological polar surface area (TPSA) is 101 Å². The number of rotatable bonds is 5. The van der Waals surface area contributed by atoms with E-state index in [4.69, 9.17) is 21.4 Å². The van der Waals surface area contributed by atoms with Crippen LogP contribution in [0, 0.1) is 10.1 Å². The monoisotopic (exact) mass is 519 g/mol. The number of allylic oxidation sites excluding steroid dienone is 1. The van der Waals surface area contributed by atoms with E-state index in [0.717, 1.165) is 23.0 Å². The molecular weight excluding hydrogens is 502 g/mol. The number of methoxy groups -OCH3 is 1. The molecule has 9 nitrogen and oxygen atoms in total. The van der Waals surface area contributed by atoms with Gasteiger partial charge < -0.3 is 4.74 Å². The summed E-state index contributed by atoms with van der Waals surface area (Å²) in [6, 6.07) is 22.7. The molecule has 180 valence electrons. The molecule has 2 aliphatic heterocycles. The van der Waals surface area contributed by atoms with E-state index in [1.165, 1.54) is 19.2 Å². The summed E-state index contributed by atoms with van der Waals surface area (Å²) in [5.74, 6) is -0.599. The van der Waals surface area contributed by atoms with Crippen molar-refractivity contribution in [1.29, 1.82) is 0 Å². The van der Waals surface area contributed by atoms with Crippen molar-refractivity contribution < 1.29 is 14.5 Å². The van der Waals surface area contributed by atoms with E-state index in [-0.39, 0.29) is 10.7 Å². The summed E-state index contributed by atoms with van der Waals surface area (Å²) >= 11 is 7.23. The molecule has 2 aliphatic rings. The number of anilines is 2. The van der Waals surface area contributed by atoms with E-state index >= 15 is 0 Å². The van der Waals surface area contributed by atoms with Crippen LogP contribution in [0.15, 0.2) is 101 Å². The van der Waals surface area contributed by atoms with Crippen LogP contribution in [0.2, 0.25) is 5.02 Å². The lowest BCUT2D eigenvalue weighted by molar-refractivity contribution is -0.384. The maximum Gasteiger partial charge on any atom is 0.365 e. The number of thioether (sulfide) groups is 1. The molecule has 0 radical (unpaired) electrons. The second kappa shape index (κ2) is 9.48. The Morgan fingerprint density at radius 2 is 1.61 bits per heavy atom. The first-order valence-corrected chi connectivity index (χ1v) is 11.9. The van der Waals surface area contributed by atoms with Gasteiger partial charge in [0.2, 0.25) is 10.0 Å². The molecule has 3 aromatic rings. The van der Waals surface area contributed by atoms with Gasteiger partial charge in [-0.25, -0.2) is 14.8 Å². The van der Waals surface area contributed by atoms with Crippen molar-refractivity contribution in [1.82, 2.24) is 0 Å². The molecule has 1 spiro atoms. The molecular formula is C25H18ClN5O4S. The number of nitro benzene ring substituents is 1. The standard InChI is InChI=1S/C25H18ClN5O4S/c1-35-24(32)23-28-30(20-11-13-21(14-12-20)31(33)34)25(36-23)16-15-22(17-7-9-18(26)10-8-17)27-29(25)19-5-3-2-4-6-19/h2-16H,1H3. The van der Waals surface area contributed by atoms with Gasteiger partial charge in [0.15, 0.2) is 0 Å². The molecule has 0 amide bonds. The number of ether oxygens (including phenoxy) is 1. The fourth-order valence-electron chi connectivity index (χ4n) is 3.79. The van der Waals surface area contributed by atoms with Crippen molar-refractivity contribution in [3.8, 4) is 0 Å². The van der Waals surface area contributed by atoms with E-state index in [0.29, 0.717) is 16.4 Å². The van der Waals surface area contributed by atoms with Crippen LogP contribution in [0.5, 0.6) is 0 Å². The average Bonchev–Trinajstić information content (AvgIpc) is 3.29. The summed E-state index contributed by atoms with van der Waals surface area (Å²) in [7, 11) is 1.29. The number of nitro groups is 1. The van der Waals surface area contributed by atoms with Crippen LogP contribution in [-0.2, 0) is 9.53 Å². The summed E-state index contributed by atoms with van der Waals surface area (Å²) in [5, 5.41) is 24.8. The molecule has 36 heavy (non-hydrogen) atoms. The van der Waals surface area contributed by atoms with E-state index in [9.17, 15) is 14.9 Å². The Bertz CT molecular complexity index is 1410. The van der Waals surface area contributed by atoms with Crippen molar-refractivity contribution >= 4 is 57.1 Å². The lowest BCUT2D eigenvalue weighted by Gasteiger charge is -2.43. The van der Waals surface area contributed by atoms with Crippen molar-refractivity contribution in [2.24, 2.45) is 10.2 Å². The third-order valence-corrected chi connectivity index (χ3v) is 6.99. The van der Waals surface area contributed by atoms with Crippen molar-refractivity contribution in [3.63, 3.8) is 0 Å². The Hall–Kier alpha value is -4.15. The van der Waals surface area contributed by atoms with Gasteiger partial charge in [-0.1, -0.05) is 41.9 Å². The highest BCUT2D eigenvalue weighted by atomic mass is 35.5. The van der Waals surface area contributed by atoms with Crippen LogP contribution in [-0.4, -0.2) is 33.8 Å². The number of hydrogen-bond acceptors (Lipinski definition) is 9. The zero-order valence-electron chi connectivity index (χ0n) is 18.8. The Morgan fingerprint density at radius 1 is 0.972 bits per heavy atom. The minimum Gasteiger partial charge on any atom is -0.464 e. The zero-order chi connectivity index (χ0) is 25.3. The van der Waals surface area contributed by atoms with E-state index < -0.39 is 15.9 Å². The van der Waals surface area contributed by atoms with Gasteiger partial charge in [-0.15, -0.1) is 0 Å². The van der Waals surface area contributed by atoms with Gasteiger partial charge in [-0.05, 0) is 60.3 Å². The molecule has 0 bridgehead atoms. The predicted octanol–water partition coefficient (Wildman–Crippen LogP) is 5.42. The summed E-state index contributed by atoms with van der Waals surface area (Å²) in [5.41, 5.74) is 2.75. The zero-order valence-corrected chi connectivity index (χ0v) is 20.4. The Balaban J connectivity index is 1.66. The molecule has 0 aliphatic carbocycles. The molecule has 1 unspecified atom stereocenters. The van der Waals surface area contributed by atoms with Gasteiger partial charge in [-0.3, -0.25) is 10.1 Å². The first-order chi connectivity index (χ1) is 17.4. The number of hydrogen-bond donors (Lipinski definition) is 0. The number of non-ortho nitro benzene ring substituents is 1. The molecule has 11 heteroatoms. The molecule has 1 atom stereocenters. The summed E-state index contributed by atoms with van der Waals surface area (Å²) in [6.07, 6.45) is 3.74. The number of esters is 1. The maximum atomic E-state index is 12.5. The van der Waals surface area contributed by atoms with Gasteiger partial charge in [0, 0.05) is 22.7 Å². The number of nitrogens with zero attached hydrogens (tertiary/aromatic N) is 5. The summed E-state index contributed by atoms with van der Waals surface area (Å²) in [4.78, 5) is 22.1. The van der Waals surface area contributed by atoms with E-state index in [1.807, 2.05) is 54.6 Å². The van der Waals surface area contributed by atoms with Crippen LogP contribution < -0.4 is 10.0 Å². The fourth-order valence-corrected chi connectivity index (χ4v) is 5.09. The van der Waals surface area contributed by atoms with Crippen molar-refractivity contribution in [2.45, 2.75) is 4.99 Å². The minimum absolute atomic E-state index is 0.0565. The van der Waals surface area contributed by atoms with Crippen LogP contribution in [0.25, 0.3) is 0 Å². The minimum atomic E-state index is -1.13. The lowest BCUT2D eigenvalue weighted by Crippen LogP contribution is -2.53. The van der Waals surface area contributed by atoms with Crippen molar-refractivity contribution in [2.75, 3.05) is 17.1 Å². The number of benzene rings is 3. The number of hydrazone groups is 2. The molecule has 0 aromatic heterocycles. The van der Waals surface area contributed by atoms with Gasteiger partial charge in [0.1, 0.15) is 0 Å². The summed E-state index contributed by atoms with van der Waals surface area (Å²) < 4.78 is 4.95. The summed E-state index contributed by atoms with van der Waals surface area (Å²) in [6.45, 7) is 0. The smallest absolute Gasteiger partial charge is 0.365 e. The maximum absolute atomic E-state index is 12.5. The molecule has 0 saturated heterocycles. The fraction of sp³-hybridized carbons (Fsp3) is 0.0800. The molecule has 0 saturated carbocycles. The van der Waals surface area contributed by atoms with Gasteiger partial charge in [0.05, 0.1) is 29.1 Å². The molecule has 3 aromatic carbocycles. The first kappa shape index (κ1) is 23.6. The Kier molecular flexibility index (Phi) is 6.21. The quantitative estimate of drug-likeness (QED) is 0.252. The first-order valence-electron chi connectivity index (χ1n) is 10.7. The highest BCUT2D eigenvalue weighted by molar-refractivity contribution is 8.17. The molecule has 2 heterocycles. The SMILES string of the molecule is COC(=O)C1=NN(c2ccc([N+](=O)[O-])cc2)C2(C=CC(c3ccc(Cl)cc3)=NN2c2ccccc2)S1. The second-order valence-corrected chi connectivity index (χ2v) is 9.34. The number of halogens is 1. The predicted molar refractivity (Wildman–Crippen MR) is 141 cm³/mol. The highest BCUT2D eigenvalue weighted by Gasteiger charge is 2.51. The Morgan fingerprint density at radius 3 is 2.25 bits per heavy atom. The van der Waals surface area contributed by atoms with E-state index in [2.05, 4.69) is 5.10 Å². The molecule has 5 rings (SSSR count). The molecule has 0 fully saturated rings. The third-order valence-electron chi connectivity index (χ3n) is 5.52. The van der Waals surface area contributed by atoms with E-state index in [1.54, 1.807) is 34.3 Å². The lowest BCUT2D eigenvalue weighted by atomic mass is 10.1.